The van der Waals surface area contributed by atoms with Gasteiger partial charge < -0.3 is 14.5 Å². The lowest BCUT2D eigenvalue weighted by atomic mass is 10.1. The molecule has 37 heavy (non-hydrogen) atoms. The Kier molecular flexibility index (Phi) is 7.57. The van der Waals surface area contributed by atoms with Crippen LogP contribution in [0.2, 0.25) is 0 Å². The van der Waals surface area contributed by atoms with Crippen LogP contribution in [0.25, 0.3) is 10.9 Å². The Morgan fingerprint density at radius 1 is 1.24 bits per heavy atom. The van der Waals surface area contributed by atoms with Crippen molar-refractivity contribution < 1.29 is 13.9 Å². The molecule has 0 spiro atoms. The second kappa shape index (κ2) is 11.2. The lowest BCUT2D eigenvalue weighted by Crippen LogP contribution is -2.37. The molecule has 2 atom stereocenters. The van der Waals surface area contributed by atoms with Gasteiger partial charge in [-0.1, -0.05) is 19.1 Å². The van der Waals surface area contributed by atoms with Crippen LogP contribution in [-0.4, -0.2) is 56.5 Å². The number of halogens is 1. The summed E-state index contributed by atoms with van der Waals surface area (Å²) in [7, 11) is 1.62. The van der Waals surface area contributed by atoms with E-state index in [1.54, 1.807) is 23.9 Å². The Hall–Kier alpha value is -3.63. The Morgan fingerprint density at radius 2 is 2.08 bits per heavy atom. The number of tetrazole rings is 1. The second-order valence-electron chi connectivity index (χ2n) is 9.39. The summed E-state index contributed by atoms with van der Waals surface area (Å²) in [6.45, 7) is 4.30. The number of methoxy groups -OCH3 is 1. The molecule has 2 aromatic heterocycles. The van der Waals surface area contributed by atoms with Gasteiger partial charge in [0.1, 0.15) is 11.6 Å². The number of nitrogens with one attached hydrogen (secondary N) is 1. The Morgan fingerprint density at radius 3 is 2.81 bits per heavy atom. The van der Waals surface area contributed by atoms with Crippen molar-refractivity contribution in [3.63, 3.8) is 0 Å². The highest BCUT2D eigenvalue weighted by molar-refractivity contribution is 5.80. The maximum Gasteiger partial charge on any atom is 0.252 e. The normalized spacial score (nSPS) is 16.5. The quantitative estimate of drug-likeness (QED) is 0.349. The van der Waals surface area contributed by atoms with Crippen molar-refractivity contribution >= 4 is 10.9 Å². The summed E-state index contributed by atoms with van der Waals surface area (Å²) in [6, 6.07) is 13.7. The number of aromatic amines is 1. The number of fused-ring (bicyclic) bond motifs is 1. The summed E-state index contributed by atoms with van der Waals surface area (Å²) in [5.74, 6) is 1.14. The van der Waals surface area contributed by atoms with Gasteiger partial charge in [-0.25, -0.2) is 9.07 Å². The van der Waals surface area contributed by atoms with Gasteiger partial charge in [-0.2, -0.15) is 0 Å². The number of pyridine rings is 1. The Labute approximate surface area is 214 Å². The molecule has 1 saturated heterocycles. The first-order chi connectivity index (χ1) is 18.0. The maximum atomic E-state index is 13.4. The third kappa shape index (κ3) is 5.70. The fraction of sp³-hybridized carbons (Fsp3) is 0.407. The summed E-state index contributed by atoms with van der Waals surface area (Å²) in [6.07, 6.45) is 2.80. The average molecular weight is 507 g/mol. The largest absolute Gasteiger partial charge is 0.497 e. The zero-order valence-electron chi connectivity index (χ0n) is 21.1. The molecule has 9 nitrogen and oxygen atoms in total. The topological polar surface area (TPSA) is 98.2 Å². The number of hydrogen-bond donors (Lipinski definition) is 1. The summed E-state index contributed by atoms with van der Waals surface area (Å²) < 4.78 is 26.5. The fourth-order valence-corrected chi connectivity index (χ4v) is 4.97. The molecule has 1 fully saturated rings. The van der Waals surface area contributed by atoms with Crippen molar-refractivity contribution in [3.8, 4) is 5.75 Å². The number of H-pyrrole nitrogens is 1. The van der Waals surface area contributed by atoms with Crippen molar-refractivity contribution in [2.75, 3.05) is 20.3 Å². The molecule has 0 radical (unpaired) electrons. The van der Waals surface area contributed by atoms with Gasteiger partial charge in [-0.15, -0.1) is 5.10 Å². The average Bonchev–Trinajstić information content (AvgIpc) is 3.58. The molecule has 194 valence electrons. The molecule has 1 N–H and O–H groups in total. The first kappa shape index (κ1) is 25.0. The van der Waals surface area contributed by atoms with Crippen molar-refractivity contribution in [2.45, 2.75) is 51.4 Å². The van der Waals surface area contributed by atoms with E-state index >= 15 is 0 Å². The predicted molar refractivity (Wildman–Crippen MR) is 137 cm³/mol. The molecular formula is C27H31FN6O3. The van der Waals surface area contributed by atoms with Gasteiger partial charge in [-0.05, 0) is 71.7 Å². The Bertz CT molecular complexity index is 1400. The summed E-state index contributed by atoms with van der Waals surface area (Å²) in [5, 5.41) is 13.5. The number of hydrogen-bond acceptors (Lipinski definition) is 7. The van der Waals surface area contributed by atoms with Crippen LogP contribution < -0.4 is 10.3 Å². The van der Waals surface area contributed by atoms with Crippen molar-refractivity contribution in [1.29, 1.82) is 0 Å². The summed E-state index contributed by atoms with van der Waals surface area (Å²) >= 11 is 0. The van der Waals surface area contributed by atoms with E-state index in [0.717, 1.165) is 48.1 Å². The third-order valence-electron chi connectivity index (χ3n) is 6.89. The van der Waals surface area contributed by atoms with Gasteiger partial charge in [-0.3, -0.25) is 9.69 Å². The lowest BCUT2D eigenvalue weighted by Gasteiger charge is -2.32. The highest BCUT2D eigenvalue weighted by Crippen LogP contribution is 2.27. The van der Waals surface area contributed by atoms with E-state index < -0.39 is 0 Å². The van der Waals surface area contributed by atoms with Gasteiger partial charge in [0.05, 0.1) is 25.8 Å². The minimum Gasteiger partial charge on any atom is -0.497 e. The van der Waals surface area contributed by atoms with Gasteiger partial charge in [0.2, 0.25) is 0 Å². The molecule has 2 aromatic carbocycles. The monoisotopic (exact) mass is 506 g/mol. The van der Waals surface area contributed by atoms with Crippen LogP contribution in [-0.2, 0) is 17.8 Å². The standard InChI is InChI=1S/C27H31FN6O3/c1-3-25(26-30-31-32-34(26)15-18-6-8-21(28)9-7-18)33(17-23-5-4-12-37-23)16-20-13-19-14-22(36-2)10-11-24(19)29-27(20)35/h6-11,13-14,23,25H,3-5,12,15-17H2,1-2H3,(H,29,35)/t23-,25+/m0/s1. The molecule has 1 aliphatic rings. The molecule has 0 aliphatic carbocycles. The van der Waals surface area contributed by atoms with E-state index in [1.165, 1.54) is 12.1 Å². The van der Waals surface area contributed by atoms with Crippen LogP contribution in [0.3, 0.4) is 0 Å². The highest BCUT2D eigenvalue weighted by atomic mass is 19.1. The molecule has 0 saturated carbocycles. The second-order valence-corrected chi connectivity index (χ2v) is 9.39. The SMILES string of the molecule is CC[C@H](c1nnnn1Cc1ccc(F)cc1)N(Cc1cc2cc(OC)ccc2[nH]c1=O)C[C@@H]1CCCO1. The van der Waals surface area contributed by atoms with E-state index in [1.807, 2.05) is 24.3 Å². The number of nitrogens with zero attached hydrogens (tertiary/aromatic N) is 5. The van der Waals surface area contributed by atoms with Gasteiger partial charge in [0, 0.05) is 36.2 Å². The molecule has 0 unspecified atom stereocenters. The fourth-order valence-electron chi connectivity index (χ4n) is 4.97. The zero-order valence-corrected chi connectivity index (χ0v) is 21.1. The van der Waals surface area contributed by atoms with E-state index in [2.05, 4.69) is 32.3 Å². The molecule has 3 heterocycles. The number of aromatic nitrogens is 5. The minimum absolute atomic E-state index is 0.0788. The highest BCUT2D eigenvalue weighted by Gasteiger charge is 2.29. The van der Waals surface area contributed by atoms with Gasteiger partial charge >= 0.3 is 0 Å². The molecule has 5 rings (SSSR count). The number of benzene rings is 2. The first-order valence-electron chi connectivity index (χ1n) is 12.6. The van der Waals surface area contributed by atoms with Gasteiger partial charge in [0.15, 0.2) is 5.82 Å². The van der Waals surface area contributed by atoms with Crippen molar-refractivity contribution in [2.24, 2.45) is 0 Å². The van der Waals surface area contributed by atoms with Crippen LogP contribution in [0.1, 0.15) is 49.2 Å². The predicted octanol–water partition coefficient (Wildman–Crippen LogP) is 3.84. The smallest absolute Gasteiger partial charge is 0.252 e. The molecule has 0 amide bonds. The summed E-state index contributed by atoms with van der Waals surface area (Å²) in [5.41, 5.74) is 2.18. The van der Waals surface area contributed by atoms with Crippen LogP contribution in [0.5, 0.6) is 5.75 Å². The molecule has 10 heteroatoms. The van der Waals surface area contributed by atoms with E-state index in [9.17, 15) is 9.18 Å². The lowest BCUT2D eigenvalue weighted by molar-refractivity contribution is 0.0489. The minimum atomic E-state index is -0.284. The summed E-state index contributed by atoms with van der Waals surface area (Å²) in [4.78, 5) is 18.3. The van der Waals surface area contributed by atoms with Crippen LogP contribution in [0.15, 0.2) is 53.3 Å². The zero-order chi connectivity index (χ0) is 25.8. The van der Waals surface area contributed by atoms with E-state index in [4.69, 9.17) is 9.47 Å². The van der Waals surface area contributed by atoms with Crippen LogP contribution in [0, 0.1) is 5.82 Å². The first-order valence-corrected chi connectivity index (χ1v) is 12.6. The molecule has 0 bridgehead atoms. The van der Waals surface area contributed by atoms with E-state index in [0.29, 0.717) is 31.0 Å². The third-order valence-corrected chi connectivity index (χ3v) is 6.89. The van der Waals surface area contributed by atoms with E-state index in [-0.39, 0.29) is 23.5 Å². The number of rotatable bonds is 10. The van der Waals surface area contributed by atoms with Gasteiger partial charge in [0.25, 0.3) is 5.56 Å². The number of ether oxygens (including phenoxy) is 2. The molecular weight excluding hydrogens is 475 g/mol. The van der Waals surface area contributed by atoms with Crippen molar-refractivity contribution in [3.05, 3.63) is 81.7 Å². The van der Waals surface area contributed by atoms with Crippen LogP contribution in [0.4, 0.5) is 4.39 Å². The molecule has 1 aliphatic heterocycles. The maximum absolute atomic E-state index is 13.4. The Balaban J connectivity index is 1.47. The molecule has 4 aromatic rings. The van der Waals surface area contributed by atoms with Crippen LogP contribution >= 0.6 is 0 Å². The van der Waals surface area contributed by atoms with Crippen molar-refractivity contribution in [1.82, 2.24) is 30.1 Å².